The summed E-state index contributed by atoms with van der Waals surface area (Å²) < 4.78 is 21.7. The molecule has 16 heavy (non-hydrogen) atoms. The monoisotopic (exact) mass is 234 g/mol. The lowest BCUT2D eigenvalue weighted by Gasteiger charge is -2.38. The molecule has 0 radical (unpaired) electrons. The summed E-state index contributed by atoms with van der Waals surface area (Å²) in [6, 6.07) is 0. The molecule has 0 spiro atoms. The molecule has 0 aliphatic carbocycles. The Balaban J connectivity index is 2.18. The maximum absolute atomic E-state index is 9.94. The number of aliphatic hydroxyl groups excluding tert-OH is 2. The van der Waals surface area contributed by atoms with Crippen LogP contribution in [-0.2, 0) is 18.9 Å². The van der Waals surface area contributed by atoms with Crippen LogP contribution in [-0.4, -0.2) is 60.4 Å². The zero-order valence-corrected chi connectivity index (χ0v) is 9.62. The minimum absolute atomic E-state index is 0.284. The summed E-state index contributed by atoms with van der Waals surface area (Å²) >= 11 is 0. The van der Waals surface area contributed by atoms with Gasteiger partial charge in [0, 0.05) is 7.11 Å². The van der Waals surface area contributed by atoms with Crippen LogP contribution in [0.3, 0.4) is 0 Å². The molecule has 0 aromatic heterocycles. The molecule has 2 heterocycles. The van der Waals surface area contributed by atoms with E-state index in [1.807, 2.05) is 0 Å². The summed E-state index contributed by atoms with van der Waals surface area (Å²) in [5.74, 6) is -0.777. The van der Waals surface area contributed by atoms with Crippen LogP contribution in [0.4, 0.5) is 0 Å². The number of methoxy groups -OCH3 is 1. The predicted octanol–water partition coefficient (Wildman–Crippen LogP) is -0.769. The second-order valence-electron chi connectivity index (χ2n) is 4.52. The molecule has 0 saturated carbocycles. The fourth-order valence-electron chi connectivity index (χ4n) is 2.17. The van der Waals surface area contributed by atoms with Gasteiger partial charge in [0.05, 0.1) is 6.61 Å². The first kappa shape index (κ1) is 12.2. The smallest absolute Gasteiger partial charge is 0.186 e. The molecule has 0 bridgehead atoms. The second-order valence-corrected chi connectivity index (χ2v) is 4.52. The van der Waals surface area contributed by atoms with Crippen molar-refractivity contribution in [3.05, 3.63) is 0 Å². The van der Waals surface area contributed by atoms with E-state index in [0.717, 1.165) is 0 Å². The molecule has 6 nitrogen and oxygen atoms in total. The molecule has 5 atom stereocenters. The first-order chi connectivity index (χ1) is 7.48. The number of fused-ring (bicyclic) bond motifs is 1. The van der Waals surface area contributed by atoms with Gasteiger partial charge in [0.1, 0.15) is 24.4 Å². The van der Waals surface area contributed by atoms with Crippen LogP contribution in [0.15, 0.2) is 0 Å². The lowest BCUT2D eigenvalue weighted by atomic mass is 9.99. The molecular weight excluding hydrogens is 216 g/mol. The van der Waals surface area contributed by atoms with Crippen molar-refractivity contribution in [2.24, 2.45) is 0 Å². The lowest BCUT2D eigenvalue weighted by molar-refractivity contribution is -0.272. The maximum Gasteiger partial charge on any atom is 0.186 e. The molecule has 2 aliphatic heterocycles. The Bertz CT molecular complexity index is 256. The van der Waals surface area contributed by atoms with Crippen LogP contribution < -0.4 is 0 Å². The van der Waals surface area contributed by atoms with E-state index in [2.05, 4.69) is 0 Å². The third-order valence-electron chi connectivity index (χ3n) is 2.87. The summed E-state index contributed by atoms with van der Waals surface area (Å²) in [6.07, 6.45) is -3.26. The van der Waals surface area contributed by atoms with E-state index >= 15 is 0 Å². The van der Waals surface area contributed by atoms with Crippen LogP contribution in [0.5, 0.6) is 0 Å². The Kier molecular flexibility index (Phi) is 3.22. The number of aliphatic hydroxyl groups is 2. The summed E-state index contributed by atoms with van der Waals surface area (Å²) in [4.78, 5) is 0. The predicted molar refractivity (Wildman–Crippen MR) is 52.6 cm³/mol. The van der Waals surface area contributed by atoms with Gasteiger partial charge in [-0.3, -0.25) is 0 Å². The van der Waals surface area contributed by atoms with Gasteiger partial charge in [0.25, 0.3) is 0 Å². The molecule has 2 saturated heterocycles. The highest BCUT2D eigenvalue weighted by Gasteiger charge is 2.54. The fourth-order valence-corrected chi connectivity index (χ4v) is 2.17. The topological polar surface area (TPSA) is 77.4 Å². The van der Waals surface area contributed by atoms with E-state index in [0.29, 0.717) is 0 Å². The van der Waals surface area contributed by atoms with Crippen LogP contribution in [0.25, 0.3) is 0 Å². The Morgan fingerprint density at radius 2 is 1.88 bits per heavy atom. The third-order valence-corrected chi connectivity index (χ3v) is 2.87. The maximum atomic E-state index is 9.94. The Hall–Kier alpha value is -0.240. The Morgan fingerprint density at radius 3 is 2.44 bits per heavy atom. The zero-order chi connectivity index (χ0) is 11.9. The van der Waals surface area contributed by atoms with Crippen molar-refractivity contribution >= 4 is 0 Å². The van der Waals surface area contributed by atoms with Gasteiger partial charge in [-0.2, -0.15) is 0 Å². The van der Waals surface area contributed by atoms with Gasteiger partial charge in [-0.05, 0) is 13.8 Å². The van der Waals surface area contributed by atoms with E-state index in [1.54, 1.807) is 13.8 Å². The van der Waals surface area contributed by atoms with Crippen molar-refractivity contribution in [3.8, 4) is 0 Å². The molecule has 0 amide bonds. The molecule has 0 aromatic carbocycles. The average molecular weight is 234 g/mol. The minimum Gasteiger partial charge on any atom is -0.394 e. The quantitative estimate of drug-likeness (QED) is 0.653. The molecule has 2 N–H and O–H groups in total. The molecule has 2 rings (SSSR count). The number of hydrogen-bond donors (Lipinski definition) is 2. The normalized spacial score (nSPS) is 46.7. The van der Waals surface area contributed by atoms with Gasteiger partial charge in [0.15, 0.2) is 12.1 Å². The Labute approximate surface area is 94.1 Å². The van der Waals surface area contributed by atoms with E-state index in [4.69, 9.17) is 24.1 Å². The van der Waals surface area contributed by atoms with Gasteiger partial charge >= 0.3 is 0 Å². The molecule has 2 fully saturated rings. The van der Waals surface area contributed by atoms with Crippen molar-refractivity contribution < 1.29 is 29.2 Å². The van der Waals surface area contributed by atoms with Gasteiger partial charge < -0.3 is 29.2 Å². The summed E-state index contributed by atoms with van der Waals surface area (Å²) in [5.41, 5.74) is 0. The standard InChI is InChI=1S/C10H18O6/c1-10(2)15-7-6(12)5(4-11)14-9(13-3)8(7)16-10/h5-9,11-12H,4H2,1-3H3/t5-,6-,7+,8+,9-/m0/s1. The molecule has 0 aromatic rings. The largest absolute Gasteiger partial charge is 0.394 e. The first-order valence-corrected chi connectivity index (χ1v) is 5.31. The average Bonchev–Trinajstić information content (AvgIpc) is 2.55. The van der Waals surface area contributed by atoms with Crippen molar-refractivity contribution in [1.29, 1.82) is 0 Å². The van der Waals surface area contributed by atoms with Gasteiger partial charge in [-0.25, -0.2) is 0 Å². The molecule has 2 aliphatic rings. The van der Waals surface area contributed by atoms with Crippen molar-refractivity contribution in [3.63, 3.8) is 0 Å². The highest BCUT2D eigenvalue weighted by Crippen LogP contribution is 2.37. The summed E-state index contributed by atoms with van der Waals surface area (Å²) in [5, 5.41) is 19.0. The number of hydrogen-bond acceptors (Lipinski definition) is 6. The van der Waals surface area contributed by atoms with Crippen LogP contribution >= 0.6 is 0 Å². The van der Waals surface area contributed by atoms with E-state index in [-0.39, 0.29) is 6.61 Å². The zero-order valence-electron chi connectivity index (χ0n) is 9.62. The van der Waals surface area contributed by atoms with Crippen molar-refractivity contribution in [2.45, 2.75) is 50.3 Å². The Morgan fingerprint density at radius 1 is 1.25 bits per heavy atom. The summed E-state index contributed by atoms with van der Waals surface area (Å²) in [6.45, 7) is 3.24. The highest BCUT2D eigenvalue weighted by atomic mass is 16.8. The SMILES string of the molecule is CO[C@H]1O[C@@H](CO)[C@H](O)[C@H]2OC(C)(C)O[C@@H]12. The third kappa shape index (κ3) is 1.97. The summed E-state index contributed by atoms with van der Waals surface area (Å²) in [7, 11) is 1.49. The highest BCUT2D eigenvalue weighted by molar-refractivity contribution is 4.95. The van der Waals surface area contributed by atoms with Crippen LogP contribution in [0.2, 0.25) is 0 Å². The van der Waals surface area contributed by atoms with Gasteiger partial charge in [-0.15, -0.1) is 0 Å². The fraction of sp³-hybridized carbons (Fsp3) is 1.00. The lowest BCUT2D eigenvalue weighted by Crippen LogP contribution is -2.57. The van der Waals surface area contributed by atoms with Gasteiger partial charge in [0.2, 0.25) is 0 Å². The number of ether oxygens (including phenoxy) is 4. The molecule has 6 heteroatoms. The van der Waals surface area contributed by atoms with E-state index < -0.39 is 36.5 Å². The molecule has 0 unspecified atom stereocenters. The first-order valence-electron chi connectivity index (χ1n) is 5.31. The van der Waals surface area contributed by atoms with E-state index in [9.17, 15) is 5.11 Å². The van der Waals surface area contributed by atoms with Gasteiger partial charge in [-0.1, -0.05) is 0 Å². The molecule has 94 valence electrons. The minimum atomic E-state index is -0.914. The van der Waals surface area contributed by atoms with Crippen molar-refractivity contribution in [2.75, 3.05) is 13.7 Å². The van der Waals surface area contributed by atoms with Crippen molar-refractivity contribution in [1.82, 2.24) is 0 Å². The number of rotatable bonds is 2. The van der Waals surface area contributed by atoms with E-state index in [1.165, 1.54) is 7.11 Å². The molecular formula is C10H18O6. The second kappa shape index (κ2) is 4.21. The van der Waals surface area contributed by atoms with Crippen LogP contribution in [0, 0.1) is 0 Å². The van der Waals surface area contributed by atoms with Crippen LogP contribution in [0.1, 0.15) is 13.8 Å².